The van der Waals surface area contributed by atoms with Crippen LogP contribution >= 0.6 is 0 Å². The van der Waals surface area contributed by atoms with Gasteiger partial charge in [-0.25, -0.2) is 4.98 Å². The molecule has 2 heterocycles. The standard InChI is InChI=1S/C41H45F3N2O4/c1-3-26-7-9-28(10-8-26)38(47)35-23-27-5-4-6-34(29(22-27)21-25(35)2)39(48)40-45-36-16-15-33(24-37(36)50-40)49-32-17-19-46(20-18-32)31-13-11-30(12-14-31)41(42,43)44/h7-16,24-25,27,29,32,34-35H,3-6,17-23H2,1-2H3. The summed E-state index contributed by atoms with van der Waals surface area (Å²) in [7, 11) is 0. The van der Waals surface area contributed by atoms with Gasteiger partial charge < -0.3 is 14.1 Å². The lowest BCUT2D eigenvalue weighted by Gasteiger charge is -2.33. The highest BCUT2D eigenvalue weighted by molar-refractivity contribution is 5.98. The third kappa shape index (κ3) is 7.33. The molecule has 3 fully saturated rings. The minimum atomic E-state index is -4.35. The number of carbonyl (C=O) groups excluding carboxylic acids is 2. The van der Waals surface area contributed by atoms with E-state index in [2.05, 4.69) is 35.9 Å². The van der Waals surface area contributed by atoms with E-state index in [4.69, 9.17) is 9.15 Å². The summed E-state index contributed by atoms with van der Waals surface area (Å²) in [5.41, 5.74) is 3.26. The van der Waals surface area contributed by atoms with E-state index in [-0.39, 0.29) is 47.2 Å². The lowest BCUT2D eigenvalue weighted by atomic mass is 9.76. The Hall–Kier alpha value is -4.14. The summed E-state index contributed by atoms with van der Waals surface area (Å²) in [5.74, 6) is 1.55. The van der Waals surface area contributed by atoms with Crippen LogP contribution in [0.25, 0.3) is 11.1 Å². The largest absolute Gasteiger partial charge is 0.490 e. The van der Waals surface area contributed by atoms with Crippen molar-refractivity contribution in [3.63, 3.8) is 0 Å². The number of nitrogens with zero attached hydrogens (tertiary/aromatic N) is 2. The van der Waals surface area contributed by atoms with Crippen molar-refractivity contribution < 1.29 is 31.9 Å². The fraction of sp³-hybridized carbons (Fsp3) is 0.488. The Morgan fingerprint density at radius 2 is 1.62 bits per heavy atom. The van der Waals surface area contributed by atoms with E-state index in [9.17, 15) is 22.8 Å². The van der Waals surface area contributed by atoms with Gasteiger partial charge in [0.25, 0.3) is 5.89 Å². The number of halogens is 3. The predicted octanol–water partition coefficient (Wildman–Crippen LogP) is 9.99. The number of aromatic nitrogens is 1. The average molecular weight is 687 g/mol. The zero-order valence-corrected chi connectivity index (χ0v) is 28.8. The SMILES string of the molecule is CCc1ccc(C(=O)C2CC3CCCC(C(=O)c4nc5ccc(OC6CCN(c7ccc(C(F)(F)F)cc7)CC6)cc5o4)C(C3)CC2C)cc1. The fourth-order valence-electron chi connectivity index (χ4n) is 8.64. The maximum Gasteiger partial charge on any atom is 0.416 e. The molecule has 0 radical (unpaired) electrons. The Morgan fingerprint density at radius 3 is 2.32 bits per heavy atom. The first kappa shape index (κ1) is 34.3. The van der Waals surface area contributed by atoms with E-state index in [0.717, 1.165) is 81.2 Å². The Kier molecular flexibility index (Phi) is 9.77. The van der Waals surface area contributed by atoms with Crippen LogP contribution in [0.5, 0.6) is 5.75 Å². The van der Waals surface area contributed by atoms with E-state index in [1.165, 1.54) is 17.7 Å². The lowest BCUT2D eigenvalue weighted by molar-refractivity contribution is -0.137. The third-order valence-electron chi connectivity index (χ3n) is 11.5. The van der Waals surface area contributed by atoms with E-state index in [0.29, 0.717) is 35.9 Å². The van der Waals surface area contributed by atoms with Crippen molar-refractivity contribution in [2.45, 2.75) is 83.9 Å². The average Bonchev–Trinajstić information content (AvgIpc) is 3.35. The molecule has 1 saturated heterocycles. The number of aryl methyl sites for hydroxylation is 1. The van der Waals surface area contributed by atoms with Gasteiger partial charge in [-0.1, -0.05) is 51.0 Å². The van der Waals surface area contributed by atoms with Crippen LogP contribution < -0.4 is 9.64 Å². The number of rotatable bonds is 8. The Morgan fingerprint density at radius 1 is 0.880 bits per heavy atom. The topological polar surface area (TPSA) is 72.6 Å². The predicted molar refractivity (Wildman–Crippen MR) is 187 cm³/mol. The van der Waals surface area contributed by atoms with E-state index in [1.54, 1.807) is 6.07 Å². The first-order chi connectivity index (χ1) is 24.1. The molecular weight excluding hydrogens is 641 g/mol. The highest BCUT2D eigenvalue weighted by Gasteiger charge is 2.42. The van der Waals surface area contributed by atoms with Gasteiger partial charge in [0, 0.05) is 55.1 Å². The number of carbonyl (C=O) groups is 2. The summed E-state index contributed by atoms with van der Waals surface area (Å²) in [6, 6.07) is 18.8. The zero-order chi connectivity index (χ0) is 35.0. The molecule has 3 aromatic carbocycles. The number of anilines is 1. The molecule has 2 bridgehead atoms. The van der Waals surface area contributed by atoms with Gasteiger partial charge in [0.1, 0.15) is 17.4 Å². The van der Waals surface area contributed by atoms with Crippen molar-refractivity contribution in [1.29, 1.82) is 0 Å². The van der Waals surface area contributed by atoms with Crippen molar-refractivity contribution in [2.75, 3.05) is 18.0 Å². The molecule has 1 aliphatic heterocycles. The molecule has 0 N–H and O–H groups in total. The number of benzene rings is 3. The van der Waals surface area contributed by atoms with Crippen LogP contribution in [-0.4, -0.2) is 35.7 Å². The molecule has 2 aliphatic carbocycles. The van der Waals surface area contributed by atoms with E-state index in [1.807, 2.05) is 24.3 Å². The molecule has 3 aliphatic rings. The molecule has 2 saturated carbocycles. The Balaban J connectivity index is 0.987. The smallest absolute Gasteiger partial charge is 0.416 e. The molecule has 0 amide bonds. The van der Waals surface area contributed by atoms with Gasteiger partial charge in [-0.05, 0) is 91.8 Å². The first-order valence-corrected chi connectivity index (χ1v) is 18.2. The van der Waals surface area contributed by atoms with Crippen LogP contribution in [0, 0.1) is 29.6 Å². The minimum absolute atomic E-state index is 0.0360. The molecule has 50 heavy (non-hydrogen) atoms. The highest BCUT2D eigenvalue weighted by atomic mass is 19.4. The van der Waals surface area contributed by atoms with E-state index < -0.39 is 11.7 Å². The monoisotopic (exact) mass is 686 g/mol. The number of piperidine rings is 1. The van der Waals surface area contributed by atoms with Gasteiger partial charge in [-0.15, -0.1) is 0 Å². The molecule has 5 unspecified atom stereocenters. The maximum atomic E-state index is 14.0. The number of hydrogen-bond donors (Lipinski definition) is 0. The van der Waals surface area contributed by atoms with Gasteiger partial charge in [-0.3, -0.25) is 9.59 Å². The van der Waals surface area contributed by atoms with E-state index >= 15 is 0 Å². The molecule has 264 valence electrons. The molecule has 5 atom stereocenters. The van der Waals surface area contributed by atoms with Crippen LogP contribution in [0.15, 0.2) is 71.1 Å². The normalized spacial score (nSPS) is 24.8. The number of oxazole rings is 1. The number of ketones is 2. The molecule has 9 heteroatoms. The van der Waals surface area contributed by atoms with Crippen LogP contribution in [0.2, 0.25) is 0 Å². The first-order valence-electron chi connectivity index (χ1n) is 18.2. The van der Waals surface area contributed by atoms with Crippen molar-refractivity contribution in [2.24, 2.45) is 29.6 Å². The van der Waals surface area contributed by atoms with Gasteiger partial charge in [-0.2, -0.15) is 13.2 Å². The summed E-state index contributed by atoms with van der Waals surface area (Å²) < 4.78 is 51.3. The maximum absolute atomic E-state index is 14.0. The number of fused-ring (bicyclic) bond motifs is 3. The van der Waals surface area contributed by atoms with Crippen molar-refractivity contribution >= 4 is 28.4 Å². The third-order valence-corrected chi connectivity index (χ3v) is 11.5. The summed E-state index contributed by atoms with van der Waals surface area (Å²) in [4.78, 5) is 34.4. The van der Waals surface area contributed by atoms with Crippen LogP contribution in [0.3, 0.4) is 0 Å². The Bertz CT molecular complexity index is 1810. The second-order valence-corrected chi connectivity index (χ2v) is 14.7. The number of alkyl halides is 3. The van der Waals surface area contributed by atoms with Crippen molar-refractivity contribution in [1.82, 2.24) is 4.98 Å². The lowest BCUT2D eigenvalue weighted by Crippen LogP contribution is -2.38. The minimum Gasteiger partial charge on any atom is -0.490 e. The quantitative estimate of drug-likeness (QED) is 0.172. The molecule has 7 rings (SSSR count). The number of Topliss-reactive ketones (excluding diaryl/α,β-unsaturated/α-hetero) is 2. The van der Waals surface area contributed by atoms with Crippen molar-refractivity contribution in [3.8, 4) is 5.75 Å². The zero-order valence-electron chi connectivity index (χ0n) is 28.8. The molecule has 6 nitrogen and oxygen atoms in total. The van der Waals surface area contributed by atoms with Gasteiger partial charge in [0.05, 0.1) is 5.56 Å². The highest BCUT2D eigenvalue weighted by Crippen LogP contribution is 2.46. The second kappa shape index (κ2) is 14.2. The summed E-state index contributed by atoms with van der Waals surface area (Å²) in [5, 5.41) is 0. The molecular formula is C41H45F3N2O4. The molecule has 4 aromatic rings. The van der Waals surface area contributed by atoms with Crippen LogP contribution in [-0.2, 0) is 12.6 Å². The van der Waals surface area contributed by atoms with Gasteiger partial charge in [0.2, 0.25) is 5.78 Å². The summed E-state index contributed by atoms with van der Waals surface area (Å²) in [6.07, 6.45) is 3.46. The molecule has 0 spiro atoms. The van der Waals surface area contributed by atoms with Gasteiger partial charge >= 0.3 is 6.18 Å². The van der Waals surface area contributed by atoms with Gasteiger partial charge in [0.15, 0.2) is 11.4 Å². The Labute approximate surface area is 291 Å². The fourth-order valence-corrected chi connectivity index (χ4v) is 8.64. The summed E-state index contributed by atoms with van der Waals surface area (Å²) in [6.45, 7) is 5.63. The number of ether oxygens (including phenoxy) is 1. The second-order valence-electron chi connectivity index (χ2n) is 14.7. The van der Waals surface area contributed by atoms with Crippen LogP contribution in [0.4, 0.5) is 18.9 Å². The van der Waals surface area contributed by atoms with Crippen LogP contribution in [0.1, 0.15) is 97.4 Å². The summed E-state index contributed by atoms with van der Waals surface area (Å²) >= 11 is 0. The molecule has 1 aromatic heterocycles. The number of hydrogen-bond acceptors (Lipinski definition) is 6. The van der Waals surface area contributed by atoms with Crippen molar-refractivity contribution in [3.05, 3.63) is 89.3 Å².